The highest BCUT2D eigenvalue weighted by molar-refractivity contribution is 5.90. The Kier molecular flexibility index (Phi) is 7.85. The van der Waals surface area contributed by atoms with Crippen LogP contribution in [0.1, 0.15) is 31.1 Å². The maximum atomic E-state index is 11.9. The molecule has 1 heterocycles. The lowest BCUT2D eigenvalue weighted by atomic mass is 10.2. The summed E-state index contributed by atoms with van der Waals surface area (Å²) in [5, 5.41) is 5.66. The van der Waals surface area contributed by atoms with E-state index in [-0.39, 0.29) is 6.03 Å². The van der Waals surface area contributed by atoms with Crippen molar-refractivity contribution in [3.8, 4) is 5.75 Å². The molecule has 2 aromatic rings. The summed E-state index contributed by atoms with van der Waals surface area (Å²) in [7, 11) is 0. The van der Waals surface area contributed by atoms with Crippen LogP contribution in [0.4, 0.5) is 10.5 Å². The van der Waals surface area contributed by atoms with Crippen molar-refractivity contribution < 1.29 is 18.7 Å². The van der Waals surface area contributed by atoms with Gasteiger partial charge in [-0.1, -0.05) is 6.92 Å². The Hall–Kier alpha value is -2.47. The topological polar surface area (TPSA) is 72.7 Å². The van der Waals surface area contributed by atoms with Gasteiger partial charge in [0.2, 0.25) is 0 Å². The van der Waals surface area contributed by atoms with Crippen LogP contribution in [0.25, 0.3) is 0 Å². The van der Waals surface area contributed by atoms with Crippen LogP contribution in [-0.4, -0.2) is 25.8 Å². The first-order chi connectivity index (χ1) is 12.2. The second-order valence-electron chi connectivity index (χ2n) is 5.69. The Morgan fingerprint density at radius 3 is 2.84 bits per heavy atom. The summed E-state index contributed by atoms with van der Waals surface area (Å²) >= 11 is 0. The lowest BCUT2D eigenvalue weighted by Gasteiger charge is -2.12. The number of hydrogen-bond donors (Lipinski definition) is 2. The molecule has 0 aliphatic rings. The van der Waals surface area contributed by atoms with Crippen molar-refractivity contribution in [1.82, 2.24) is 5.32 Å². The Labute approximate surface area is 148 Å². The van der Waals surface area contributed by atoms with Crippen molar-refractivity contribution in [2.24, 2.45) is 0 Å². The van der Waals surface area contributed by atoms with Gasteiger partial charge in [0.05, 0.1) is 12.9 Å². The van der Waals surface area contributed by atoms with E-state index in [4.69, 9.17) is 13.9 Å². The van der Waals surface area contributed by atoms with Crippen LogP contribution in [0.15, 0.2) is 41.0 Å². The highest BCUT2D eigenvalue weighted by Gasteiger charge is 2.05. The summed E-state index contributed by atoms with van der Waals surface area (Å²) in [5.41, 5.74) is 1.74. The normalized spacial score (nSPS) is 10.5. The molecule has 2 rings (SSSR count). The van der Waals surface area contributed by atoms with Gasteiger partial charge in [0.15, 0.2) is 0 Å². The molecule has 0 unspecified atom stereocenters. The zero-order valence-electron chi connectivity index (χ0n) is 14.8. The molecular weight excluding hydrogens is 320 g/mol. The fraction of sp³-hybridized carbons (Fsp3) is 0.421. The van der Waals surface area contributed by atoms with E-state index < -0.39 is 0 Å². The molecule has 2 amide bonds. The molecule has 0 bridgehead atoms. The standard InChI is InChI=1S/C19H26N2O4/c1-3-10-24-16-7-8-18(15(2)13-16)21-19(22)20-9-5-11-23-14-17-6-4-12-25-17/h4,6-8,12-13H,3,5,9-11,14H2,1-2H3,(H2,20,21,22). The molecule has 6 heteroatoms. The van der Waals surface area contributed by atoms with Gasteiger partial charge < -0.3 is 24.5 Å². The molecule has 0 atom stereocenters. The summed E-state index contributed by atoms with van der Waals surface area (Å²) < 4.78 is 16.2. The number of hydrogen-bond acceptors (Lipinski definition) is 4. The van der Waals surface area contributed by atoms with Crippen LogP contribution in [0, 0.1) is 6.92 Å². The fourth-order valence-electron chi connectivity index (χ4n) is 2.20. The van der Waals surface area contributed by atoms with Gasteiger partial charge in [-0.25, -0.2) is 4.79 Å². The van der Waals surface area contributed by atoms with E-state index in [1.165, 1.54) is 0 Å². The van der Waals surface area contributed by atoms with Crippen molar-refractivity contribution in [3.05, 3.63) is 47.9 Å². The number of carbonyl (C=O) groups is 1. The number of aryl methyl sites for hydroxylation is 1. The molecule has 1 aromatic carbocycles. The zero-order chi connectivity index (χ0) is 17.9. The van der Waals surface area contributed by atoms with Crippen LogP contribution in [0.3, 0.4) is 0 Å². The minimum Gasteiger partial charge on any atom is -0.494 e. The minimum atomic E-state index is -0.226. The van der Waals surface area contributed by atoms with Crippen molar-refractivity contribution in [3.63, 3.8) is 0 Å². The number of amides is 2. The van der Waals surface area contributed by atoms with E-state index in [2.05, 4.69) is 17.6 Å². The SMILES string of the molecule is CCCOc1ccc(NC(=O)NCCCOCc2ccco2)c(C)c1. The fourth-order valence-corrected chi connectivity index (χ4v) is 2.20. The average Bonchev–Trinajstić information content (AvgIpc) is 3.11. The van der Waals surface area contributed by atoms with Gasteiger partial charge in [-0.3, -0.25) is 0 Å². The predicted molar refractivity (Wildman–Crippen MR) is 97.0 cm³/mol. The van der Waals surface area contributed by atoms with E-state index >= 15 is 0 Å². The maximum Gasteiger partial charge on any atom is 0.319 e. The van der Waals surface area contributed by atoms with Crippen LogP contribution < -0.4 is 15.4 Å². The summed E-state index contributed by atoms with van der Waals surface area (Å²) in [6, 6.07) is 9.11. The van der Waals surface area contributed by atoms with Crippen molar-refractivity contribution >= 4 is 11.7 Å². The van der Waals surface area contributed by atoms with Crippen LogP contribution in [0.5, 0.6) is 5.75 Å². The van der Waals surface area contributed by atoms with E-state index in [1.807, 2.05) is 37.3 Å². The third kappa shape index (κ3) is 6.89. The van der Waals surface area contributed by atoms with Crippen molar-refractivity contribution in [2.75, 3.05) is 25.1 Å². The molecule has 0 spiro atoms. The summed E-state index contributed by atoms with van der Waals surface area (Å²) in [5.74, 6) is 1.62. The Balaban J connectivity index is 1.62. The first-order valence-corrected chi connectivity index (χ1v) is 8.57. The number of benzene rings is 1. The highest BCUT2D eigenvalue weighted by Crippen LogP contribution is 2.21. The zero-order valence-corrected chi connectivity index (χ0v) is 14.8. The van der Waals surface area contributed by atoms with E-state index in [0.717, 1.165) is 35.6 Å². The number of anilines is 1. The van der Waals surface area contributed by atoms with Crippen LogP contribution in [0.2, 0.25) is 0 Å². The van der Waals surface area contributed by atoms with Gasteiger partial charge >= 0.3 is 6.03 Å². The molecule has 0 saturated carbocycles. The van der Waals surface area contributed by atoms with Gasteiger partial charge in [-0.05, 0) is 55.7 Å². The van der Waals surface area contributed by atoms with Gasteiger partial charge in [0.25, 0.3) is 0 Å². The molecule has 0 saturated heterocycles. The number of urea groups is 1. The molecule has 25 heavy (non-hydrogen) atoms. The number of furan rings is 1. The molecule has 1 aromatic heterocycles. The van der Waals surface area contributed by atoms with Gasteiger partial charge in [-0.15, -0.1) is 0 Å². The summed E-state index contributed by atoms with van der Waals surface area (Å²) in [6.07, 6.45) is 3.32. The second kappa shape index (κ2) is 10.4. The van der Waals surface area contributed by atoms with Crippen LogP contribution in [-0.2, 0) is 11.3 Å². The smallest absolute Gasteiger partial charge is 0.319 e. The number of rotatable bonds is 10. The van der Waals surface area contributed by atoms with Gasteiger partial charge in [0, 0.05) is 18.8 Å². The molecule has 136 valence electrons. The summed E-state index contributed by atoms with van der Waals surface area (Å²) in [4.78, 5) is 11.9. The van der Waals surface area contributed by atoms with Crippen LogP contribution >= 0.6 is 0 Å². The first kappa shape index (κ1) is 18.9. The lowest BCUT2D eigenvalue weighted by Crippen LogP contribution is -2.30. The monoisotopic (exact) mass is 346 g/mol. The third-order valence-corrected chi connectivity index (χ3v) is 3.49. The van der Waals surface area contributed by atoms with Gasteiger partial charge in [-0.2, -0.15) is 0 Å². The molecular formula is C19H26N2O4. The Morgan fingerprint density at radius 2 is 2.12 bits per heavy atom. The largest absolute Gasteiger partial charge is 0.494 e. The molecule has 0 aliphatic heterocycles. The average molecular weight is 346 g/mol. The lowest BCUT2D eigenvalue weighted by molar-refractivity contribution is 0.104. The second-order valence-corrected chi connectivity index (χ2v) is 5.69. The van der Waals surface area contributed by atoms with E-state index in [9.17, 15) is 4.79 Å². The number of ether oxygens (including phenoxy) is 2. The van der Waals surface area contributed by atoms with Gasteiger partial charge in [0.1, 0.15) is 18.1 Å². The summed E-state index contributed by atoms with van der Waals surface area (Å²) in [6.45, 7) is 6.25. The van der Waals surface area contributed by atoms with E-state index in [1.54, 1.807) is 6.26 Å². The van der Waals surface area contributed by atoms with E-state index in [0.29, 0.717) is 26.4 Å². The Morgan fingerprint density at radius 1 is 1.24 bits per heavy atom. The molecule has 6 nitrogen and oxygen atoms in total. The molecule has 0 fully saturated rings. The quantitative estimate of drug-likeness (QED) is 0.635. The number of carbonyl (C=O) groups excluding carboxylic acids is 1. The number of nitrogens with one attached hydrogen (secondary N) is 2. The minimum absolute atomic E-state index is 0.226. The predicted octanol–water partition coefficient (Wildman–Crippen LogP) is 4.11. The third-order valence-electron chi connectivity index (χ3n) is 3.49. The van der Waals surface area contributed by atoms with Crippen molar-refractivity contribution in [2.45, 2.75) is 33.3 Å². The highest BCUT2D eigenvalue weighted by atomic mass is 16.5. The molecule has 2 N–H and O–H groups in total. The maximum absolute atomic E-state index is 11.9. The first-order valence-electron chi connectivity index (χ1n) is 8.57. The van der Waals surface area contributed by atoms with Crippen molar-refractivity contribution in [1.29, 1.82) is 0 Å². The molecule has 0 radical (unpaired) electrons. The Bertz CT molecular complexity index is 641. The molecule has 0 aliphatic carbocycles.